The first-order valence-electron chi connectivity index (χ1n) is 9.06. The molecule has 0 unspecified atom stereocenters. The summed E-state index contributed by atoms with van der Waals surface area (Å²) in [5.41, 5.74) is 0. The summed E-state index contributed by atoms with van der Waals surface area (Å²) in [6, 6.07) is 0. The summed E-state index contributed by atoms with van der Waals surface area (Å²) in [7, 11) is 0. The van der Waals surface area contributed by atoms with Crippen molar-refractivity contribution in [3.63, 3.8) is 0 Å². The Kier molecular flexibility index (Phi) is 4.56. The molecule has 0 amide bonds. The van der Waals surface area contributed by atoms with E-state index >= 15 is 0 Å². The molecule has 2 saturated heterocycles. The molecule has 0 atom stereocenters. The van der Waals surface area contributed by atoms with Gasteiger partial charge >= 0.3 is 29.6 Å². The maximum Gasteiger partial charge on any atom is 1.00 e. The Bertz CT molecular complexity index is 491. The van der Waals surface area contributed by atoms with Crippen molar-refractivity contribution in [2.75, 3.05) is 19.6 Å². The van der Waals surface area contributed by atoms with Crippen LogP contribution in [0.5, 0.6) is 0 Å². The normalized spacial score (nSPS) is 45.7. The molecule has 0 radical (unpaired) electrons. The molecule has 24 heavy (non-hydrogen) atoms. The molecule has 0 aromatic heterocycles. The molecule has 128 valence electrons. The third-order valence-electron chi connectivity index (χ3n) is 6.92. The van der Waals surface area contributed by atoms with Gasteiger partial charge in [0.05, 0.1) is 5.97 Å². The molecule has 0 N–H and O–H groups in total. The maximum absolute atomic E-state index is 10.7. The van der Waals surface area contributed by atoms with Crippen molar-refractivity contribution < 1.29 is 54.0 Å². The standard InChI is InChI=1S/C17H25NO5.Na/c19-15(20)10-18-3-1-16(2-4-18)21-17(23-22-16)13-6-11-5-12(8-13)9-14(17)7-11;/h11-14H,1-10H2,(H,19,20);/q;+1/p-1. The minimum atomic E-state index is -1.03. The molecule has 6 fully saturated rings. The molecule has 4 aliphatic carbocycles. The van der Waals surface area contributed by atoms with Crippen LogP contribution in [-0.2, 0) is 19.3 Å². The number of carboxylic acid groups (broad SMARTS) is 1. The van der Waals surface area contributed by atoms with Crippen LogP contribution in [0.3, 0.4) is 0 Å². The second kappa shape index (κ2) is 6.19. The summed E-state index contributed by atoms with van der Waals surface area (Å²) in [6.07, 6.45) is 7.56. The van der Waals surface area contributed by atoms with Crippen LogP contribution in [0, 0.1) is 23.7 Å². The van der Waals surface area contributed by atoms with Gasteiger partial charge in [-0.2, -0.15) is 9.78 Å². The Labute approximate surface area is 164 Å². The van der Waals surface area contributed by atoms with E-state index < -0.39 is 17.5 Å². The van der Waals surface area contributed by atoms with Crippen LogP contribution in [0.1, 0.15) is 44.9 Å². The molecule has 4 saturated carbocycles. The van der Waals surface area contributed by atoms with E-state index in [0.717, 1.165) is 11.8 Å². The SMILES string of the molecule is O=C([O-])CN1CCC2(CC1)OOC1(O2)C2CC3CC(C2)CC1C3.[Na+]. The fraction of sp³-hybridized carbons (Fsp3) is 0.941. The Morgan fingerprint density at radius 1 is 1.00 bits per heavy atom. The third-order valence-corrected chi connectivity index (χ3v) is 6.92. The van der Waals surface area contributed by atoms with Gasteiger partial charge in [0.2, 0.25) is 11.6 Å². The minimum absolute atomic E-state index is 0. The fourth-order valence-electron chi connectivity index (χ4n) is 6.03. The van der Waals surface area contributed by atoms with Crippen LogP contribution >= 0.6 is 0 Å². The Hall–Kier alpha value is 0.310. The van der Waals surface area contributed by atoms with E-state index in [4.69, 9.17) is 14.5 Å². The molecule has 7 heteroatoms. The van der Waals surface area contributed by atoms with Crippen LogP contribution in [0.25, 0.3) is 0 Å². The van der Waals surface area contributed by atoms with Crippen molar-refractivity contribution in [2.24, 2.45) is 23.7 Å². The summed E-state index contributed by atoms with van der Waals surface area (Å²) < 4.78 is 6.57. The number of likely N-dealkylation sites (tertiary alicyclic amines) is 1. The van der Waals surface area contributed by atoms with Crippen molar-refractivity contribution in [1.82, 2.24) is 4.90 Å². The van der Waals surface area contributed by atoms with Crippen molar-refractivity contribution >= 4 is 5.97 Å². The van der Waals surface area contributed by atoms with Crippen LogP contribution in [0.2, 0.25) is 0 Å². The van der Waals surface area contributed by atoms with Gasteiger partial charge in [0, 0.05) is 44.3 Å². The minimum Gasteiger partial charge on any atom is -0.549 e. The topological polar surface area (TPSA) is 71.1 Å². The smallest absolute Gasteiger partial charge is 0.549 e. The van der Waals surface area contributed by atoms with Gasteiger partial charge < -0.3 is 14.6 Å². The monoisotopic (exact) mass is 345 g/mol. The first-order valence-corrected chi connectivity index (χ1v) is 9.06. The zero-order valence-electron chi connectivity index (χ0n) is 14.4. The van der Waals surface area contributed by atoms with E-state index in [1.807, 2.05) is 4.90 Å². The van der Waals surface area contributed by atoms with Crippen LogP contribution in [0.4, 0.5) is 0 Å². The zero-order chi connectivity index (χ0) is 15.7. The number of carbonyl (C=O) groups is 1. The molecule has 6 nitrogen and oxygen atoms in total. The molecule has 2 aliphatic heterocycles. The van der Waals surface area contributed by atoms with Gasteiger partial charge in [0.1, 0.15) is 0 Å². The molecule has 2 heterocycles. The van der Waals surface area contributed by atoms with E-state index in [0.29, 0.717) is 37.8 Å². The summed E-state index contributed by atoms with van der Waals surface area (Å²) in [5, 5.41) is 10.7. The average Bonchev–Trinajstić information content (AvgIpc) is 2.87. The molecule has 6 rings (SSSR count). The van der Waals surface area contributed by atoms with Crippen molar-refractivity contribution in [3.8, 4) is 0 Å². The number of aliphatic carboxylic acids is 1. The molecule has 4 bridgehead atoms. The number of piperidine rings is 1. The van der Waals surface area contributed by atoms with Gasteiger partial charge in [-0.05, 0) is 43.9 Å². The van der Waals surface area contributed by atoms with E-state index in [2.05, 4.69) is 0 Å². The second-order valence-electron chi connectivity index (χ2n) is 8.35. The number of hydrogen-bond acceptors (Lipinski definition) is 6. The van der Waals surface area contributed by atoms with E-state index in [9.17, 15) is 9.90 Å². The predicted molar refractivity (Wildman–Crippen MR) is 76.4 cm³/mol. The predicted octanol–water partition coefficient (Wildman–Crippen LogP) is -2.34. The number of nitrogens with zero attached hydrogens (tertiary/aromatic N) is 1. The van der Waals surface area contributed by atoms with Gasteiger partial charge in [-0.25, -0.2) is 0 Å². The maximum atomic E-state index is 10.7. The van der Waals surface area contributed by atoms with Crippen molar-refractivity contribution in [3.05, 3.63) is 0 Å². The van der Waals surface area contributed by atoms with E-state index in [1.165, 1.54) is 32.1 Å². The Balaban J connectivity index is 0.00000146. The van der Waals surface area contributed by atoms with Crippen molar-refractivity contribution in [1.29, 1.82) is 0 Å². The van der Waals surface area contributed by atoms with E-state index in [-0.39, 0.29) is 36.1 Å². The number of carboxylic acids is 1. The molecular formula is C17H24NNaO5. The molecule has 6 aliphatic rings. The number of ether oxygens (including phenoxy) is 1. The Morgan fingerprint density at radius 3 is 2.12 bits per heavy atom. The van der Waals surface area contributed by atoms with Gasteiger partial charge in [0.15, 0.2) is 0 Å². The molecule has 2 spiro atoms. The molecule has 0 aromatic carbocycles. The average molecular weight is 345 g/mol. The summed E-state index contributed by atoms with van der Waals surface area (Å²) in [6.45, 7) is 1.28. The van der Waals surface area contributed by atoms with Crippen molar-refractivity contribution in [2.45, 2.75) is 56.5 Å². The summed E-state index contributed by atoms with van der Waals surface area (Å²) in [4.78, 5) is 24.4. The van der Waals surface area contributed by atoms with Gasteiger partial charge in [-0.1, -0.05) is 0 Å². The first-order chi connectivity index (χ1) is 11.1. The fourth-order valence-corrected chi connectivity index (χ4v) is 6.03. The number of carbonyl (C=O) groups excluding carboxylic acids is 1. The third kappa shape index (κ3) is 2.70. The first kappa shape index (κ1) is 17.7. The Morgan fingerprint density at radius 2 is 1.58 bits per heavy atom. The van der Waals surface area contributed by atoms with Crippen LogP contribution in [-0.4, -0.2) is 42.1 Å². The second-order valence-corrected chi connectivity index (χ2v) is 8.35. The zero-order valence-corrected chi connectivity index (χ0v) is 16.4. The largest absolute Gasteiger partial charge is 1.00 e. The number of hydrogen-bond donors (Lipinski definition) is 0. The molecule has 0 aromatic rings. The van der Waals surface area contributed by atoms with E-state index in [1.54, 1.807) is 0 Å². The van der Waals surface area contributed by atoms with Crippen LogP contribution in [0.15, 0.2) is 0 Å². The summed E-state index contributed by atoms with van der Waals surface area (Å²) in [5.74, 6) is 0.442. The quantitative estimate of drug-likeness (QED) is 0.413. The van der Waals surface area contributed by atoms with Gasteiger partial charge in [-0.3, -0.25) is 4.90 Å². The van der Waals surface area contributed by atoms with Gasteiger partial charge in [-0.15, -0.1) is 0 Å². The molecular weight excluding hydrogens is 321 g/mol. The number of rotatable bonds is 2. The van der Waals surface area contributed by atoms with Gasteiger partial charge in [0.25, 0.3) is 0 Å². The van der Waals surface area contributed by atoms with Crippen LogP contribution < -0.4 is 34.7 Å². The summed E-state index contributed by atoms with van der Waals surface area (Å²) >= 11 is 0.